The van der Waals surface area contributed by atoms with Crippen molar-refractivity contribution in [2.24, 2.45) is 5.92 Å². The third-order valence-electron chi connectivity index (χ3n) is 2.44. The number of aryl methyl sites for hydroxylation is 1. The molecule has 0 aliphatic rings. The van der Waals surface area contributed by atoms with E-state index in [-0.39, 0.29) is 6.61 Å². The molecule has 16 heavy (non-hydrogen) atoms. The molecule has 0 amide bonds. The fourth-order valence-electron chi connectivity index (χ4n) is 1.43. The Balaban J connectivity index is 0.00000106. The molecule has 92 valence electrons. The first-order valence-electron chi connectivity index (χ1n) is 5.91. The predicted molar refractivity (Wildman–Crippen MR) is 69.0 cm³/mol. The van der Waals surface area contributed by atoms with Gasteiger partial charge in [-0.25, -0.2) is 0 Å². The molecule has 0 aliphatic heterocycles. The summed E-state index contributed by atoms with van der Waals surface area (Å²) < 4.78 is 5.16. The van der Waals surface area contributed by atoms with Crippen molar-refractivity contribution in [1.82, 2.24) is 0 Å². The Morgan fingerprint density at radius 1 is 1.31 bits per heavy atom. The first-order valence-corrected chi connectivity index (χ1v) is 5.91. The molecule has 1 aromatic carbocycles. The summed E-state index contributed by atoms with van der Waals surface area (Å²) in [5.41, 5.74) is 2.51. The zero-order valence-electron chi connectivity index (χ0n) is 11.1. The van der Waals surface area contributed by atoms with Crippen molar-refractivity contribution < 1.29 is 9.84 Å². The molecule has 1 N–H and O–H groups in total. The molecule has 0 aromatic heterocycles. The van der Waals surface area contributed by atoms with Crippen molar-refractivity contribution in [3.05, 3.63) is 29.3 Å². The molecule has 1 rings (SSSR count). The van der Waals surface area contributed by atoms with Crippen LogP contribution in [0.4, 0.5) is 0 Å². The van der Waals surface area contributed by atoms with E-state index in [1.54, 1.807) is 7.11 Å². The number of aliphatic hydroxyl groups is 1. The zero-order chi connectivity index (χ0) is 12.6. The minimum absolute atomic E-state index is 0.233. The molecular formula is C14H24O2. The van der Waals surface area contributed by atoms with Gasteiger partial charge >= 0.3 is 0 Å². The van der Waals surface area contributed by atoms with E-state index in [9.17, 15) is 0 Å². The van der Waals surface area contributed by atoms with E-state index < -0.39 is 0 Å². The lowest BCUT2D eigenvalue weighted by Crippen LogP contribution is -2.05. The lowest BCUT2D eigenvalue weighted by atomic mass is 9.98. The number of hydrogen-bond donors (Lipinski definition) is 1. The Morgan fingerprint density at radius 3 is 2.44 bits per heavy atom. The smallest absolute Gasteiger partial charge is 0.119 e. The third-order valence-corrected chi connectivity index (χ3v) is 2.44. The van der Waals surface area contributed by atoms with Gasteiger partial charge in [0.1, 0.15) is 5.75 Å². The molecule has 0 heterocycles. The van der Waals surface area contributed by atoms with Crippen LogP contribution in [-0.4, -0.2) is 18.8 Å². The van der Waals surface area contributed by atoms with Crippen LogP contribution in [0.2, 0.25) is 0 Å². The van der Waals surface area contributed by atoms with Gasteiger partial charge in [0.25, 0.3) is 0 Å². The average molecular weight is 224 g/mol. The lowest BCUT2D eigenvalue weighted by Gasteiger charge is -2.11. The number of aliphatic hydroxyl groups excluding tert-OH is 1. The summed E-state index contributed by atoms with van der Waals surface area (Å²) in [6.45, 7) is 8.36. The van der Waals surface area contributed by atoms with Crippen molar-refractivity contribution >= 4 is 0 Å². The molecule has 2 nitrogen and oxygen atoms in total. The molecule has 1 atom stereocenters. The number of benzene rings is 1. The van der Waals surface area contributed by atoms with Crippen LogP contribution in [-0.2, 0) is 6.42 Å². The van der Waals surface area contributed by atoms with Crippen LogP contribution in [0.5, 0.6) is 5.75 Å². The summed E-state index contributed by atoms with van der Waals surface area (Å²) in [4.78, 5) is 0. The SMILES string of the molecule is CC.COc1ccc(C)c(CC(C)CO)c1. The standard InChI is InChI=1S/C12H18O2.C2H6/c1-9(8-13)6-11-7-12(14-3)5-4-10(11)2;1-2/h4-5,7,9,13H,6,8H2,1-3H3;1-2H3. The Hall–Kier alpha value is -1.02. The van der Waals surface area contributed by atoms with Crippen molar-refractivity contribution in [1.29, 1.82) is 0 Å². The molecule has 1 unspecified atom stereocenters. The van der Waals surface area contributed by atoms with Crippen LogP contribution in [0.1, 0.15) is 31.9 Å². The van der Waals surface area contributed by atoms with Gasteiger partial charge in [-0.3, -0.25) is 0 Å². The maximum absolute atomic E-state index is 8.98. The Kier molecular flexibility index (Phi) is 7.65. The highest BCUT2D eigenvalue weighted by Crippen LogP contribution is 2.19. The number of methoxy groups -OCH3 is 1. The van der Waals surface area contributed by atoms with E-state index in [1.807, 2.05) is 32.9 Å². The number of hydrogen-bond acceptors (Lipinski definition) is 2. The van der Waals surface area contributed by atoms with Gasteiger partial charge in [-0.15, -0.1) is 0 Å². The van der Waals surface area contributed by atoms with E-state index in [1.165, 1.54) is 11.1 Å². The monoisotopic (exact) mass is 224 g/mol. The normalized spacial score (nSPS) is 11.4. The second-order valence-electron chi connectivity index (χ2n) is 3.78. The maximum atomic E-state index is 8.98. The van der Waals surface area contributed by atoms with E-state index in [0.29, 0.717) is 5.92 Å². The summed E-state index contributed by atoms with van der Waals surface area (Å²) in [6.07, 6.45) is 0.902. The fraction of sp³-hybridized carbons (Fsp3) is 0.571. The Bertz CT molecular complexity index is 295. The number of rotatable bonds is 4. The Labute approximate surface area is 99.3 Å². The third kappa shape index (κ3) is 4.67. The van der Waals surface area contributed by atoms with E-state index in [2.05, 4.69) is 13.0 Å². The van der Waals surface area contributed by atoms with Crippen LogP contribution in [0.25, 0.3) is 0 Å². The predicted octanol–water partition coefficient (Wildman–Crippen LogP) is 3.20. The molecular weight excluding hydrogens is 200 g/mol. The van der Waals surface area contributed by atoms with Gasteiger partial charge in [0, 0.05) is 6.61 Å². The zero-order valence-corrected chi connectivity index (χ0v) is 11.1. The van der Waals surface area contributed by atoms with Gasteiger partial charge < -0.3 is 9.84 Å². The quantitative estimate of drug-likeness (QED) is 0.851. The summed E-state index contributed by atoms with van der Waals surface area (Å²) >= 11 is 0. The summed E-state index contributed by atoms with van der Waals surface area (Å²) in [6, 6.07) is 6.06. The fourth-order valence-corrected chi connectivity index (χ4v) is 1.43. The summed E-state index contributed by atoms with van der Waals surface area (Å²) in [7, 11) is 1.67. The first-order chi connectivity index (χ1) is 7.67. The van der Waals surface area contributed by atoms with Crippen LogP contribution in [0.3, 0.4) is 0 Å². The van der Waals surface area contributed by atoms with Gasteiger partial charge in [0.2, 0.25) is 0 Å². The van der Waals surface area contributed by atoms with E-state index >= 15 is 0 Å². The average Bonchev–Trinajstić information content (AvgIpc) is 2.34. The van der Waals surface area contributed by atoms with Crippen LogP contribution >= 0.6 is 0 Å². The van der Waals surface area contributed by atoms with E-state index in [4.69, 9.17) is 9.84 Å². The van der Waals surface area contributed by atoms with Gasteiger partial charge in [0.15, 0.2) is 0 Å². The second-order valence-corrected chi connectivity index (χ2v) is 3.78. The van der Waals surface area contributed by atoms with Crippen molar-refractivity contribution in [2.75, 3.05) is 13.7 Å². The number of ether oxygens (including phenoxy) is 1. The second kappa shape index (κ2) is 8.17. The molecule has 0 bridgehead atoms. The van der Waals surface area contributed by atoms with Gasteiger partial charge in [-0.2, -0.15) is 0 Å². The van der Waals surface area contributed by atoms with Gasteiger partial charge in [0.05, 0.1) is 7.11 Å². The molecule has 0 spiro atoms. The molecule has 0 fully saturated rings. The molecule has 0 saturated carbocycles. The lowest BCUT2D eigenvalue weighted by molar-refractivity contribution is 0.237. The molecule has 0 aliphatic carbocycles. The van der Waals surface area contributed by atoms with Crippen molar-refractivity contribution in [3.8, 4) is 5.75 Å². The topological polar surface area (TPSA) is 29.5 Å². The first kappa shape index (κ1) is 15.0. The Morgan fingerprint density at radius 2 is 1.94 bits per heavy atom. The maximum Gasteiger partial charge on any atom is 0.119 e. The van der Waals surface area contributed by atoms with Crippen LogP contribution in [0.15, 0.2) is 18.2 Å². The van der Waals surface area contributed by atoms with Crippen LogP contribution < -0.4 is 4.74 Å². The van der Waals surface area contributed by atoms with Gasteiger partial charge in [-0.1, -0.05) is 26.8 Å². The molecule has 0 saturated heterocycles. The van der Waals surface area contributed by atoms with Gasteiger partial charge in [-0.05, 0) is 42.5 Å². The molecule has 2 heteroatoms. The molecule has 0 radical (unpaired) electrons. The highest BCUT2D eigenvalue weighted by atomic mass is 16.5. The van der Waals surface area contributed by atoms with Crippen LogP contribution in [0, 0.1) is 12.8 Å². The minimum Gasteiger partial charge on any atom is -0.497 e. The highest BCUT2D eigenvalue weighted by Gasteiger charge is 2.05. The summed E-state index contributed by atoms with van der Waals surface area (Å²) in [5, 5.41) is 8.98. The van der Waals surface area contributed by atoms with Crippen molar-refractivity contribution in [2.45, 2.75) is 34.1 Å². The molecule has 1 aromatic rings. The summed E-state index contributed by atoms with van der Waals surface area (Å²) in [5.74, 6) is 1.19. The van der Waals surface area contributed by atoms with Crippen molar-refractivity contribution in [3.63, 3.8) is 0 Å². The minimum atomic E-state index is 0.233. The van der Waals surface area contributed by atoms with E-state index in [0.717, 1.165) is 12.2 Å². The largest absolute Gasteiger partial charge is 0.497 e. The highest BCUT2D eigenvalue weighted by molar-refractivity contribution is 5.35.